The van der Waals surface area contributed by atoms with Crippen LogP contribution in [0.4, 0.5) is 5.69 Å². The number of ether oxygens (including phenoxy) is 2. The lowest BCUT2D eigenvalue weighted by Gasteiger charge is -2.12. The molecule has 0 aliphatic rings. The van der Waals surface area contributed by atoms with Gasteiger partial charge in [0.25, 0.3) is 5.91 Å². The fourth-order valence-corrected chi connectivity index (χ4v) is 3.17. The Morgan fingerprint density at radius 1 is 1.12 bits per heavy atom. The molecule has 2 aromatic rings. The first-order chi connectivity index (χ1) is 11.8. The van der Waals surface area contributed by atoms with Crippen LogP contribution in [-0.4, -0.2) is 35.6 Å². The van der Waals surface area contributed by atoms with Gasteiger partial charge in [-0.2, -0.15) is 0 Å². The summed E-state index contributed by atoms with van der Waals surface area (Å²) in [6.45, 7) is 0. The van der Waals surface area contributed by atoms with Crippen molar-refractivity contribution < 1.29 is 22.7 Å². The number of sulfonamides is 1. The van der Waals surface area contributed by atoms with Gasteiger partial charge in [0.1, 0.15) is 0 Å². The molecule has 7 nitrogen and oxygen atoms in total. The molecule has 0 aliphatic carbocycles. The van der Waals surface area contributed by atoms with E-state index in [-0.39, 0.29) is 15.5 Å². The van der Waals surface area contributed by atoms with E-state index in [9.17, 15) is 13.2 Å². The van der Waals surface area contributed by atoms with Gasteiger partial charge in [-0.15, -0.1) is 0 Å². The molecule has 0 unspecified atom stereocenters. The zero-order valence-electron chi connectivity index (χ0n) is 13.8. The second-order valence-corrected chi connectivity index (χ2v) is 7.18. The summed E-state index contributed by atoms with van der Waals surface area (Å²) in [7, 11) is 0.579. The van der Waals surface area contributed by atoms with Crippen molar-refractivity contribution in [2.45, 2.75) is 4.90 Å². The highest BCUT2D eigenvalue weighted by molar-refractivity contribution is 7.89. The number of nitrogens with one attached hydrogen (secondary N) is 2. The summed E-state index contributed by atoms with van der Waals surface area (Å²) >= 11 is 6.09. The van der Waals surface area contributed by atoms with E-state index in [1.54, 1.807) is 6.07 Å². The molecule has 0 fully saturated rings. The Balaban J connectivity index is 2.32. The zero-order chi connectivity index (χ0) is 18.6. The van der Waals surface area contributed by atoms with Crippen molar-refractivity contribution in [1.82, 2.24) is 4.72 Å². The molecule has 0 saturated heterocycles. The van der Waals surface area contributed by atoms with Crippen LogP contribution in [-0.2, 0) is 10.0 Å². The first-order valence-corrected chi connectivity index (χ1v) is 8.95. The first-order valence-electron chi connectivity index (χ1n) is 7.09. The largest absolute Gasteiger partial charge is 0.493 e. The van der Waals surface area contributed by atoms with Gasteiger partial charge in [0.2, 0.25) is 10.0 Å². The number of amides is 1. The number of hydrogen-bond donors (Lipinski definition) is 2. The molecule has 0 atom stereocenters. The Bertz CT molecular complexity index is 899. The molecule has 0 aliphatic heterocycles. The normalized spacial score (nSPS) is 11.0. The molecule has 0 aromatic heterocycles. The maximum Gasteiger partial charge on any atom is 0.255 e. The van der Waals surface area contributed by atoms with Gasteiger partial charge in [0, 0.05) is 11.3 Å². The van der Waals surface area contributed by atoms with Crippen LogP contribution < -0.4 is 19.5 Å². The average Bonchev–Trinajstić information content (AvgIpc) is 2.61. The lowest BCUT2D eigenvalue weighted by atomic mass is 10.1. The van der Waals surface area contributed by atoms with Crippen LogP contribution >= 0.6 is 11.6 Å². The minimum absolute atomic E-state index is 0.0399. The lowest BCUT2D eigenvalue weighted by molar-refractivity contribution is 0.102. The first kappa shape index (κ1) is 19.0. The van der Waals surface area contributed by atoms with Crippen LogP contribution in [0.15, 0.2) is 41.3 Å². The number of carbonyl (C=O) groups excluding carboxylic acids is 1. The number of carbonyl (C=O) groups is 1. The Hall–Kier alpha value is -2.29. The Labute approximate surface area is 151 Å². The maximum absolute atomic E-state index is 12.4. The second kappa shape index (κ2) is 7.73. The summed E-state index contributed by atoms with van der Waals surface area (Å²) in [6.07, 6.45) is 0. The van der Waals surface area contributed by atoms with E-state index in [1.807, 2.05) is 0 Å². The molecule has 0 saturated carbocycles. The molecule has 2 rings (SSSR count). The Morgan fingerprint density at radius 3 is 2.44 bits per heavy atom. The number of halogens is 1. The van der Waals surface area contributed by atoms with Gasteiger partial charge in [-0.25, -0.2) is 13.1 Å². The van der Waals surface area contributed by atoms with Crippen LogP contribution in [0, 0.1) is 0 Å². The number of rotatable bonds is 6. The van der Waals surface area contributed by atoms with E-state index in [1.165, 1.54) is 51.6 Å². The molecule has 25 heavy (non-hydrogen) atoms. The second-order valence-electron chi connectivity index (χ2n) is 4.88. The van der Waals surface area contributed by atoms with Crippen LogP contribution in [0.1, 0.15) is 10.4 Å². The molecule has 2 aromatic carbocycles. The van der Waals surface area contributed by atoms with Crippen molar-refractivity contribution in [3.63, 3.8) is 0 Å². The molecule has 2 N–H and O–H groups in total. The van der Waals surface area contributed by atoms with Crippen LogP contribution in [0.25, 0.3) is 0 Å². The standard InChI is InChI=1S/C16H17ClN2O5S/c1-18-25(21,22)12-6-4-5-11(9-12)19-16(20)10-7-13(17)15(24-3)14(8-10)23-2/h4-9,18H,1-3H3,(H,19,20). The number of methoxy groups -OCH3 is 2. The minimum atomic E-state index is -3.61. The quantitative estimate of drug-likeness (QED) is 0.798. The van der Waals surface area contributed by atoms with Crippen molar-refractivity contribution in [3.8, 4) is 11.5 Å². The molecule has 0 radical (unpaired) electrons. The van der Waals surface area contributed by atoms with Gasteiger partial charge in [-0.1, -0.05) is 17.7 Å². The summed E-state index contributed by atoms with van der Waals surface area (Å²) < 4.78 is 36.2. The zero-order valence-corrected chi connectivity index (χ0v) is 15.4. The average molecular weight is 385 g/mol. The monoisotopic (exact) mass is 384 g/mol. The lowest BCUT2D eigenvalue weighted by Crippen LogP contribution is -2.19. The van der Waals surface area contributed by atoms with Crippen molar-refractivity contribution in [2.75, 3.05) is 26.6 Å². The van der Waals surface area contributed by atoms with Gasteiger partial charge in [-0.3, -0.25) is 4.79 Å². The van der Waals surface area contributed by atoms with Crippen molar-refractivity contribution >= 4 is 33.2 Å². The summed E-state index contributed by atoms with van der Waals surface area (Å²) in [6, 6.07) is 8.80. The molecule has 0 spiro atoms. The molecule has 134 valence electrons. The van der Waals surface area contributed by atoms with Crippen LogP contribution in [0.3, 0.4) is 0 Å². The van der Waals surface area contributed by atoms with Crippen LogP contribution in [0.5, 0.6) is 11.5 Å². The highest BCUT2D eigenvalue weighted by atomic mass is 35.5. The topological polar surface area (TPSA) is 93.7 Å². The van der Waals surface area contributed by atoms with Crippen molar-refractivity contribution in [2.24, 2.45) is 0 Å². The molecular formula is C16H17ClN2O5S. The molecule has 0 heterocycles. The number of anilines is 1. The molecule has 0 bridgehead atoms. The highest BCUT2D eigenvalue weighted by Gasteiger charge is 2.16. The van der Waals surface area contributed by atoms with E-state index in [0.29, 0.717) is 17.2 Å². The fraction of sp³-hybridized carbons (Fsp3) is 0.188. The summed E-state index contributed by atoms with van der Waals surface area (Å²) in [5.41, 5.74) is 0.566. The highest BCUT2D eigenvalue weighted by Crippen LogP contribution is 2.36. The predicted molar refractivity (Wildman–Crippen MR) is 95.2 cm³/mol. The third-order valence-electron chi connectivity index (χ3n) is 3.37. The van der Waals surface area contributed by atoms with Gasteiger partial charge in [0.15, 0.2) is 11.5 Å². The Morgan fingerprint density at radius 2 is 1.84 bits per heavy atom. The number of hydrogen-bond acceptors (Lipinski definition) is 5. The van der Waals surface area contributed by atoms with E-state index in [2.05, 4.69) is 10.0 Å². The van der Waals surface area contributed by atoms with Gasteiger partial charge < -0.3 is 14.8 Å². The third-order valence-corrected chi connectivity index (χ3v) is 5.06. The van der Waals surface area contributed by atoms with E-state index < -0.39 is 15.9 Å². The van der Waals surface area contributed by atoms with E-state index in [0.717, 1.165) is 0 Å². The molecular weight excluding hydrogens is 368 g/mol. The Kier molecular flexibility index (Phi) is 5.89. The summed E-state index contributed by atoms with van der Waals surface area (Å²) in [4.78, 5) is 12.5. The SMILES string of the molecule is CNS(=O)(=O)c1cccc(NC(=O)c2cc(Cl)c(OC)c(OC)c2)c1. The van der Waals surface area contributed by atoms with Crippen molar-refractivity contribution in [3.05, 3.63) is 47.0 Å². The predicted octanol–water partition coefficient (Wildman–Crippen LogP) is 2.52. The fourth-order valence-electron chi connectivity index (χ4n) is 2.11. The van der Waals surface area contributed by atoms with Gasteiger partial charge in [0.05, 0.1) is 24.1 Å². The van der Waals surface area contributed by atoms with Crippen molar-refractivity contribution in [1.29, 1.82) is 0 Å². The summed E-state index contributed by atoms with van der Waals surface area (Å²) in [5.74, 6) is 0.163. The minimum Gasteiger partial charge on any atom is -0.493 e. The van der Waals surface area contributed by atoms with Gasteiger partial charge >= 0.3 is 0 Å². The molecule has 9 heteroatoms. The van der Waals surface area contributed by atoms with E-state index in [4.69, 9.17) is 21.1 Å². The van der Waals surface area contributed by atoms with E-state index >= 15 is 0 Å². The van der Waals surface area contributed by atoms with Crippen LogP contribution in [0.2, 0.25) is 5.02 Å². The van der Waals surface area contributed by atoms with Gasteiger partial charge in [-0.05, 0) is 37.4 Å². The maximum atomic E-state index is 12.4. The smallest absolute Gasteiger partial charge is 0.255 e. The third kappa shape index (κ3) is 4.22. The summed E-state index contributed by atoms with van der Waals surface area (Å²) in [5, 5.41) is 2.85. The number of benzene rings is 2. The molecule has 1 amide bonds.